The van der Waals surface area contributed by atoms with E-state index in [1.807, 2.05) is 0 Å². The molecule has 1 aliphatic heterocycles. The lowest BCUT2D eigenvalue weighted by atomic mass is 10.0. The molecule has 3 N–H and O–H groups in total. The van der Waals surface area contributed by atoms with E-state index in [9.17, 15) is 22.4 Å². The highest BCUT2D eigenvalue weighted by molar-refractivity contribution is 8.15. The summed E-state index contributed by atoms with van der Waals surface area (Å²) in [5.41, 5.74) is 0. The van der Waals surface area contributed by atoms with E-state index in [0.717, 1.165) is 0 Å². The molecule has 22 heavy (non-hydrogen) atoms. The summed E-state index contributed by atoms with van der Waals surface area (Å²) in [4.78, 5) is 12.1. The molecule has 9 heteroatoms. The highest BCUT2D eigenvalue weighted by Gasteiger charge is 2.42. The van der Waals surface area contributed by atoms with E-state index >= 15 is 0 Å². The fourth-order valence-electron chi connectivity index (χ4n) is 2.00. The van der Waals surface area contributed by atoms with Crippen LogP contribution < -0.4 is 10.6 Å². The Kier molecular flexibility index (Phi) is 5.88. The molecule has 1 heterocycles. The van der Waals surface area contributed by atoms with Crippen LogP contribution in [0.5, 0.6) is 0 Å². The minimum atomic E-state index is -4.70. The summed E-state index contributed by atoms with van der Waals surface area (Å²) in [6.07, 6.45) is -5.77. The van der Waals surface area contributed by atoms with Gasteiger partial charge in [0.15, 0.2) is 5.04 Å². The number of thioether (sulfide) groups is 1. The summed E-state index contributed by atoms with van der Waals surface area (Å²) in [6, 6.07) is -1.73. The second-order valence-electron chi connectivity index (χ2n) is 6.02. The number of carbonyl (C=O) groups is 1. The standard InChI is InChI=1S/C13H21F4N3OS/c1-6-8(14)5-9(19-6)10(21)20-7(2)12(3,4)22-11(18)13(15,16)17/h6-9,18-19H,5H2,1-4H3,(H,20,21)/t6-,7+,8+,9-/m0/s1. The maximum atomic E-state index is 13.4. The Morgan fingerprint density at radius 3 is 2.36 bits per heavy atom. The van der Waals surface area contributed by atoms with E-state index in [4.69, 9.17) is 5.41 Å². The Bertz CT molecular complexity index is 431. The second kappa shape index (κ2) is 6.74. The monoisotopic (exact) mass is 343 g/mol. The molecule has 1 aliphatic rings. The van der Waals surface area contributed by atoms with Crippen LogP contribution in [0.2, 0.25) is 0 Å². The van der Waals surface area contributed by atoms with Crippen LogP contribution in [0.3, 0.4) is 0 Å². The van der Waals surface area contributed by atoms with Gasteiger partial charge in [-0.1, -0.05) is 11.8 Å². The highest BCUT2D eigenvalue weighted by atomic mass is 32.2. The average molecular weight is 343 g/mol. The molecule has 0 unspecified atom stereocenters. The van der Waals surface area contributed by atoms with Crippen molar-refractivity contribution in [1.82, 2.24) is 10.6 Å². The zero-order valence-corrected chi connectivity index (χ0v) is 13.7. The molecule has 1 rings (SSSR count). The van der Waals surface area contributed by atoms with Crippen molar-refractivity contribution in [3.8, 4) is 0 Å². The smallest absolute Gasteiger partial charge is 0.351 e. The fourth-order valence-corrected chi connectivity index (χ4v) is 2.88. The topological polar surface area (TPSA) is 65.0 Å². The van der Waals surface area contributed by atoms with E-state index in [2.05, 4.69) is 10.6 Å². The molecule has 0 radical (unpaired) electrons. The first-order valence-electron chi connectivity index (χ1n) is 6.90. The lowest BCUT2D eigenvalue weighted by Gasteiger charge is -2.32. The molecule has 0 spiro atoms. The van der Waals surface area contributed by atoms with Crippen molar-refractivity contribution < 1.29 is 22.4 Å². The molecule has 1 fully saturated rings. The molecular formula is C13H21F4N3OS. The van der Waals surface area contributed by atoms with Gasteiger partial charge in [-0.05, 0) is 27.7 Å². The summed E-state index contributed by atoms with van der Waals surface area (Å²) in [6.45, 7) is 6.24. The number of rotatable bonds is 4. The van der Waals surface area contributed by atoms with Gasteiger partial charge in [0, 0.05) is 23.3 Å². The number of hydrogen-bond acceptors (Lipinski definition) is 4. The van der Waals surface area contributed by atoms with E-state index in [1.54, 1.807) is 13.8 Å². The Labute approximate surface area is 131 Å². The quantitative estimate of drug-likeness (QED) is 0.418. The lowest BCUT2D eigenvalue weighted by Crippen LogP contribution is -2.51. The number of alkyl halides is 4. The van der Waals surface area contributed by atoms with Gasteiger partial charge in [-0.2, -0.15) is 13.2 Å². The maximum Gasteiger partial charge on any atom is 0.438 e. The predicted octanol–water partition coefficient (Wildman–Crippen LogP) is 2.63. The molecular weight excluding hydrogens is 322 g/mol. The Balaban J connectivity index is 2.61. The van der Waals surface area contributed by atoms with Gasteiger partial charge in [-0.15, -0.1) is 0 Å². The molecule has 1 amide bonds. The van der Waals surface area contributed by atoms with Crippen LogP contribution in [0.15, 0.2) is 0 Å². The zero-order chi connectivity index (χ0) is 17.3. The van der Waals surface area contributed by atoms with Gasteiger partial charge in [-0.25, -0.2) is 4.39 Å². The van der Waals surface area contributed by atoms with E-state index < -0.39 is 46.2 Å². The third-order valence-electron chi connectivity index (χ3n) is 3.81. The summed E-state index contributed by atoms with van der Waals surface area (Å²) in [5.74, 6) is -0.438. The summed E-state index contributed by atoms with van der Waals surface area (Å²) >= 11 is 0.352. The molecule has 1 saturated heterocycles. The number of carbonyl (C=O) groups excluding carboxylic acids is 1. The highest BCUT2D eigenvalue weighted by Crippen LogP contribution is 2.35. The van der Waals surface area contributed by atoms with Gasteiger partial charge in [0.2, 0.25) is 5.91 Å². The van der Waals surface area contributed by atoms with Crippen molar-refractivity contribution in [2.45, 2.75) is 69.3 Å². The number of nitrogens with one attached hydrogen (secondary N) is 3. The molecule has 0 aromatic heterocycles. The van der Waals surface area contributed by atoms with Crippen LogP contribution in [0.1, 0.15) is 34.1 Å². The number of halogens is 4. The van der Waals surface area contributed by atoms with Crippen LogP contribution in [0.4, 0.5) is 17.6 Å². The lowest BCUT2D eigenvalue weighted by molar-refractivity contribution is -0.123. The SMILES string of the molecule is C[C@@H]1N[C@H](C(=O)N[C@H](C)C(C)(C)SC(=N)C(F)(F)F)C[C@H]1F. The first kappa shape index (κ1) is 19.2. The predicted molar refractivity (Wildman–Crippen MR) is 79.0 cm³/mol. The number of amides is 1. The Hall–Kier alpha value is -0.830. The van der Waals surface area contributed by atoms with Gasteiger partial charge in [0.1, 0.15) is 6.17 Å². The van der Waals surface area contributed by atoms with Crippen molar-refractivity contribution in [3.63, 3.8) is 0 Å². The van der Waals surface area contributed by atoms with Crippen molar-refractivity contribution in [1.29, 1.82) is 5.41 Å². The van der Waals surface area contributed by atoms with E-state index in [0.29, 0.717) is 11.8 Å². The van der Waals surface area contributed by atoms with Gasteiger partial charge < -0.3 is 10.6 Å². The normalized spacial score (nSPS) is 27.5. The minimum absolute atomic E-state index is 0.0473. The van der Waals surface area contributed by atoms with E-state index in [1.165, 1.54) is 13.8 Å². The molecule has 0 aliphatic carbocycles. The van der Waals surface area contributed by atoms with Crippen LogP contribution >= 0.6 is 11.8 Å². The second-order valence-corrected chi connectivity index (χ2v) is 7.69. The molecule has 128 valence electrons. The van der Waals surface area contributed by atoms with Gasteiger partial charge in [0.25, 0.3) is 0 Å². The van der Waals surface area contributed by atoms with Crippen LogP contribution in [-0.2, 0) is 4.79 Å². The molecule has 0 aromatic rings. The first-order valence-corrected chi connectivity index (χ1v) is 7.71. The summed E-state index contributed by atoms with van der Waals surface area (Å²) in [7, 11) is 0. The molecule has 0 bridgehead atoms. The van der Waals surface area contributed by atoms with E-state index in [-0.39, 0.29) is 6.42 Å². The maximum absolute atomic E-state index is 13.4. The molecule has 4 atom stereocenters. The Morgan fingerprint density at radius 1 is 1.41 bits per heavy atom. The fraction of sp³-hybridized carbons (Fsp3) is 0.846. The largest absolute Gasteiger partial charge is 0.438 e. The average Bonchev–Trinajstić information content (AvgIpc) is 2.67. The molecule has 0 aromatic carbocycles. The molecule has 0 saturated carbocycles. The molecule has 4 nitrogen and oxygen atoms in total. The zero-order valence-electron chi connectivity index (χ0n) is 12.8. The van der Waals surface area contributed by atoms with Gasteiger partial charge in [0.05, 0.1) is 6.04 Å². The van der Waals surface area contributed by atoms with Crippen molar-refractivity contribution in [3.05, 3.63) is 0 Å². The Morgan fingerprint density at radius 2 is 1.95 bits per heavy atom. The first-order chi connectivity index (χ1) is 9.84. The van der Waals surface area contributed by atoms with Crippen LogP contribution in [0, 0.1) is 5.41 Å². The van der Waals surface area contributed by atoms with Gasteiger partial charge >= 0.3 is 6.18 Å². The summed E-state index contributed by atoms with van der Waals surface area (Å²) < 4.78 is 49.7. The summed E-state index contributed by atoms with van der Waals surface area (Å²) in [5, 5.41) is 11.1. The number of hydrogen-bond donors (Lipinski definition) is 3. The third-order valence-corrected chi connectivity index (χ3v) is 5.12. The van der Waals surface area contributed by atoms with Crippen molar-refractivity contribution in [2.24, 2.45) is 0 Å². The van der Waals surface area contributed by atoms with Gasteiger partial charge in [-0.3, -0.25) is 10.2 Å². The van der Waals surface area contributed by atoms with Crippen molar-refractivity contribution in [2.75, 3.05) is 0 Å². The third kappa shape index (κ3) is 4.84. The van der Waals surface area contributed by atoms with Crippen LogP contribution in [-0.4, -0.2) is 46.2 Å². The van der Waals surface area contributed by atoms with Crippen molar-refractivity contribution >= 4 is 22.7 Å². The minimum Gasteiger partial charge on any atom is -0.351 e. The van der Waals surface area contributed by atoms with Crippen LogP contribution in [0.25, 0.3) is 0 Å².